The van der Waals surface area contributed by atoms with Gasteiger partial charge in [0, 0.05) is 12.7 Å². The van der Waals surface area contributed by atoms with Gasteiger partial charge in [-0.15, -0.1) is 16.7 Å². The smallest absolute Gasteiger partial charge is 0.322 e. The first-order valence-corrected chi connectivity index (χ1v) is 5.12. The Balaban J connectivity index is 2.24. The minimum Gasteiger partial charge on any atom is -0.406 e. The lowest BCUT2D eigenvalue weighted by Crippen LogP contribution is -2.09. The molecular formula is C10H9ClFN3O. The SMILES string of the molecule is CN(c1ccc(F)cc1)c1nnc(CCl)o1. The van der Waals surface area contributed by atoms with Crippen LogP contribution in [0.1, 0.15) is 5.89 Å². The Labute approximate surface area is 96.6 Å². The molecule has 0 spiro atoms. The van der Waals surface area contributed by atoms with Crippen molar-refractivity contribution in [2.45, 2.75) is 5.88 Å². The summed E-state index contributed by atoms with van der Waals surface area (Å²) in [4.78, 5) is 1.66. The Bertz CT molecular complexity index is 471. The molecule has 0 bridgehead atoms. The molecule has 6 heteroatoms. The number of alkyl halides is 1. The Hall–Kier alpha value is -1.62. The predicted molar refractivity (Wildman–Crippen MR) is 58.3 cm³/mol. The highest BCUT2D eigenvalue weighted by molar-refractivity contribution is 6.16. The van der Waals surface area contributed by atoms with Gasteiger partial charge in [0.2, 0.25) is 5.89 Å². The fourth-order valence-electron chi connectivity index (χ4n) is 1.21. The topological polar surface area (TPSA) is 42.2 Å². The van der Waals surface area contributed by atoms with Gasteiger partial charge in [0.25, 0.3) is 0 Å². The van der Waals surface area contributed by atoms with Crippen molar-refractivity contribution in [1.82, 2.24) is 10.2 Å². The van der Waals surface area contributed by atoms with E-state index in [2.05, 4.69) is 10.2 Å². The van der Waals surface area contributed by atoms with E-state index in [1.165, 1.54) is 12.1 Å². The van der Waals surface area contributed by atoms with Crippen molar-refractivity contribution < 1.29 is 8.81 Å². The second kappa shape index (κ2) is 4.49. The number of anilines is 2. The number of nitrogens with zero attached hydrogens (tertiary/aromatic N) is 3. The van der Waals surface area contributed by atoms with Crippen LogP contribution in [0, 0.1) is 5.82 Å². The van der Waals surface area contributed by atoms with Gasteiger partial charge in [0.1, 0.15) is 11.7 Å². The second-order valence-electron chi connectivity index (χ2n) is 3.15. The maximum absolute atomic E-state index is 12.7. The van der Waals surface area contributed by atoms with Crippen molar-refractivity contribution >= 4 is 23.3 Å². The largest absolute Gasteiger partial charge is 0.406 e. The number of hydrogen-bond acceptors (Lipinski definition) is 4. The molecule has 1 aromatic carbocycles. The molecule has 0 radical (unpaired) electrons. The molecule has 0 saturated heterocycles. The maximum atomic E-state index is 12.7. The average molecular weight is 242 g/mol. The van der Waals surface area contributed by atoms with Gasteiger partial charge in [0.05, 0.1) is 0 Å². The van der Waals surface area contributed by atoms with Gasteiger partial charge in [-0.1, -0.05) is 5.10 Å². The second-order valence-corrected chi connectivity index (χ2v) is 3.41. The molecular weight excluding hydrogens is 233 g/mol. The van der Waals surface area contributed by atoms with Crippen LogP contribution in [-0.2, 0) is 5.88 Å². The van der Waals surface area contributed by atoms with Crippen LogP contribution >= 0.6 is 11.6 Å². The Morgan fingerprint density at radius 1 is 1.31 bits per heavy atom. The molecule has 4 nitrogen and oxygen atoms in total. The van der Waals surface area contributed by atoms with Crippen molar-refractivity contribution in [3.05, 3.63) is 36.0 Å². The van der Waals surface area contributed by atoms with E-state index in [4.69, 9.17) is 16.0 Å². The Morgan fingerprint density at radius 2 is 2.00 bits per heavy atom. The highest BCUT2D eigenvalue weighted by Crippen LogP contribution is 2.22. The van der Waals surface area contributed by atoms with Gasteiger partial charge in [-0.05, 0) is 24.3 Å². The minimum absolute atomic E-state index is 0.171. The molecule has 84 valence electrons. The third kappa shape index (κ3) is 2.14. The monoisotopic (exact) mass is 241 g/mol. The van der Waals surface area contributed by atoms with Gasteiger partial charge < -0.3 is 4.42 Å². The van der Waals surface area contributed by atoms with Crippen LogP contribution in [0.5, 0.6) is 0 Å². The lowest BCUT2D eigenvalue weighted by molar-refractivity contribution is 0.518. The van der Waals surface area contributed by atoms with Crippen molar-refractivity contribution in [3.8, 4) is 0 Å². The molecule has 1 heterocycles. The van der Waals surface area contributed by atoms with E-state index in [0.29, 0.717) is 11.9 Å². The first kappa shape index (κ1) is 10.9. The van der Waals surface area contributed by atoms with E-state index in [0.717, 1.165) is 5.69 Å². The summed E-state index contributed by atoms with van der Waals surface area (Å²) >= 11 is 5.55. The number of hydrogen-bond donors (Lipinski definition) is 0. The van der Waals surface area contributed by atoms with Crippen molar-refractivity contribution in [1.29, 1.82) is 0 Å². The normalized spacial score (nSPS) is 10.4. The first-order valence-electron chi connectivity index (χ1n) is 4.58. The van der Waals surface area contributed by atoms with E-state index < -0.39 is 0 Å². The lowest BCUT2D eigenvalue weighted by atomic mass is 10.3. The van der Waals surface area contributed by atoms with Crippen LogP contribution in [0.25, 0.3) is 0 Å². The van der Waals surface area contributed by atoms with E-state index in [1.54, 1.807) is 24.1 Å². The summed E-state index contributed by atoms with van der Waals surface area (Å²) in [5.74, 6) is 0.235. The van der Waals surface area contributed by atoms with Gasteiger partial charge in [-0.2, -0.15) is 0 Å². The molecule has 16 heavy (non-hydrogen) atoms. The third-order valence-corrected chi connectivity index (χ3v) is 2.30. The molecule has 2 rings (SSSR count). The predicted octanol–water partition coefficient (Wildman–Crippen LogP) is 2.72. The molecule has 0 aliphatic rings. The summed E-state index contributed by atoms with van der Waals surface area (Å²) in [6.07, 6.45) is 0. The zero-order valence-corrected chi connectivity index (χ0v) is 9.28. The molecule has 0 aliphatic heterocycles. The van der Waals surface area contributed by atoms with Gasteiger partial charge in [-0.25, -0.2) is 4.39 Å². The lowest BCUT2D eigenvalue weighted by Gasteiger charge is -2.13. The number of aromatic nitrogens is 2. The van der Waals surface area contributed by atoms with Crippen LogP contribution in [0.3, 0.4) is 0 Å². The molecule has 0 unspecified atom stereocenters. The minimum atomic E-state index is -0.288. The summed E-state index contributed by atoms with van der Waals surface area (Å²) in [5, 5.41) is 7.55. The van der Waals surface area contributed by atoms with Crippen molar-refractivity contribution in [2.75, 3.05) is 11.9 Å². The van der Waals surface area contributed by atoms with E-state index in [-0.39, 0.29) is 11.7 Å². The molecule has 1 aromatic heterocycles. The van der Waals surface area contributed by atoms with Gasteiger partial charge >= 0.3 is 6.01 Å². The van der Waals surface area contributed by atoms with Crippen LogP contribution < -0.4 is 4.90 Å². The van der Waals surface area contributed by atoms with Crippen LogP contribution in [0.2, 0.25) is 0 Å². The number of rotatable bonds is 3. The molecule has 0 saturated carbocycles. The number of halogens is 2. The summed E-state index contributed by atoms with van der Waals surface area (Å²) in [6.45, 7) is 0. The summed E-state index contributed by atoms with van der Waals surface area (Å²) < 4.78 is 18.0. The van der Waals surface area contributed by atoms with Gasteiger partial charge in [0.15, 0.2) is 0 Å². The highest BCUT2D eigenvalue weighted by atomic mass is 35.5. The first-order chi connectivity index (χ1) is 7.70. The molecule has 0 N–H and O–H groups in total. The molecule has 0 fully saturated rings. The average Bonchev–Trinajstić information content (AvgIpc) is 2.77. The molecule has 0 aliphatic carbocycles. The van der Waals surface area contributed by atoms with Crippen LogP contribution in [-0.4, -0.2) is 17.2 Å². The van der Waals surface area contributed by atoms with Crippen molar-refractivity contribution in [3.63, 3.8) is 0 Å². The quantitative estimate of drug-likeness (QED) is 0.775. The van der Waals surface area contributed by atoms with E-state index in [1.807, 2.05) is 0 Å². The third-order valence-electron chi connectivity index (χ3n) is 2.07. The van der Waals surface area contributed by atoms with Crippen molar-refractivity contribution in [2.24, 2.45) is 0 Å². The number of benzene rings is 1. The zero-order chi connectivity index (χ0) is 11.5. The Kier molecular flexibility index (Phi) is 3.05. The van der Waals surface area contributed by atoms with Crippen LogP contribution in [0.15, 0.2) is 28.7 Å². The molecule has 2 aromatic rings. The molecule has 0 amide bonds. The fraction of sp³-hybridized carbons (Fsp3) is 0.200. The maximum Gasteiger partial charge on any atom is 0.322 e. The highest BCUT2D eigenvalue weighted by Gasteiger charge is 2.11. The summed E-state index contributed by atoms with van der Waals surface area (Å²) in [6, 6.07) is 6.30. The Morgan fingerprint density at radius 3 is 2.56 bits per heavy atom. The fourth-order valence-corrected chi connectivity index (χ4v) is 1.32. The standard InChI is InChI=1S/C10H9ClFN3O/c1-15(8-4-2-7(12)3-5-8)10-14-13-9(6-11)16-10/h2-5H,6H2,1H3. The summed E-state index contributed by atoms with van der Waals surface area (Å²) in [5.41, 5.74) is 0.756. The van der Waals surface area contributed by atoms with Crippen LogP contribution in [0.4, 0.5) is 16.1 Å². The summed E-state index contributed by atoms with van der Waals surface area (Å²) in [7, 11) is 1.75. The van der Waals surface area contributed by atoms with Gasteiger partial charge in [-0.3, -0.25) is 4.90 Å². The zero-order valence-electron chi connectivity index (χ0n) is 8.52. The molecule has 0 atom stereocenters. The van der Waals surface area contributed by atoms with E-state index in [9.17, 15) is 4.39 Å². The van der Waals surface area contributed by atoms with E-state index >= 15 is 0 Å².